The van der Waals surface area contributed by atoms with Crippen molar-refractivity contribution in [2.24, 2.45) is 0 Å². The van der Waals surface area contributed by atoms with Crippen molar-refractivity contribution < 1.29 is 18.1 Å². The Hall–Kier alpha value is -0.990. The summed E-state index contributed by atoms with van der Waals surface area (Å²) >= 11 is 0. The van der Waals surface area contributed by atoms with E-state index in [1.165, 1.54) is 6.42 Å². The fourth-order valence-electron chi connectivity index (χ4n) is 4.20. The molecule has 0 saturated carbocycles. The van der Waals surface area contributed by atoms with Gasteiger partial charge in [-0.05, 0) is 72.4 Å². The minimum Gasteiger partial charge on any atom is -0.296 e. The van der Waals surface area contributed by atoms with E-state index in [1.807, 2.05) is 6.92 Å². The van der Waals surface area contributed by atoms with Crippen LogP contribution in [0, 0.1) is 6.92 Å². The number of hydrogen-bond donors (Lipinski definition) is 0. The van der Waals surface area contributed by atoms with E-state index in [1.54, 1.807) is 24.3 Å². The Labute approximate surface area is 163 Å². The molecular formula is C20H32N2O4S. The highest BCUT2D eigenvalue weighted by molar-refractivity contribution is 7.89. The van der Waals surface area contributed by atoms with Gasteiger partial charge in [-0.1, -0.05) is 22.2 Å². The van der Waals surface area contributed by atoms with Crippen LogP contribution in [0.25, 0.3) is 0 Å². The van der Waals surface area contributed by atoms with Crippen molar-refractivity contribution in [2.45, 2.75) is 82.3 Å². The summed E-state index contributed by atoms with van der Waals surface area (Å²) in [7, 11) is -3.70. The summed E-state index contributed by atoms with van der Waals surface area (Å²) in [5, 5.41) is 2.07. The minimum absolute atomic E-state index is 0.0815. The Bertz CT molecular complexity index is 743. The highest BCUT2D eigenvalue weighted by Gasteiger charge is 2.44. The van der Waals surface area contributed by atoms with Crippen LogP contribution in [0.5, 0.6) is 0 Å². The van der Waals surface area contributed by atoms with Crippen LogP contribution in [0.15, 0.2) is 29.2 Å². The lowest BCUT2D eigenvalue weighted by atomic mass is 9.82. The van der Waals surface area contributed by atoms with Gasteiger partial charge in [0.25, 0.3) is 10.0 Å². The molecule has 0 N–H and O–H groups in total. The van der Waals surface area contributed by atoms with Crippen LogP contribution in [0.4, 0.5) is 0 Å². The topological polar surface area (TPSA) is 59.1 Å². The average Bonchev–Trinajstić information content (AvgIpc) is 3.03. The summed E-state index contributed by atoms with van der Waals surface area (Å²) in [5.41, 5.74) is 0.856. The number of piperidine rings is 1. The molecule has 2 heterocycles. The van der Waals surface area contributed by atoms with Crippen molar-refractivity contribution in [3.05, 3.63) is 29.8 Å². The van der Waals surface area contributed by atoms with Gasteiger partial charge in [-0.25, -0.2) is 8.42 Å². The van der Waals surface area contributed by atoms with Gasteiger partial charge in [0.2, 0.25) is 0 Å². The molecule has 7 heteroatoms. The molecule has 0 spiro atoms. The standard InChI is InChI=1S/C20H32N2O4S/c1-16-7-9-18(10-8-16)27(23,24)21-17(11-14-25-21)15-26-22-19(2,3)12-6-13-20(22,4)5/h7-10,17H,6,11-15H2,1-5H3/t17-/m1/s1. The van der Waals surface area contributed by atoms with Gasteiger partial charge >= 0.3 is 0 Å². The van der Waals surface area contributed by atoms with E-state index in [2.05, 4.69) is 32.8 Å². The van der Waals surface area contributed by atoms with Crippen molar-refractivity contribution >= 4 is 10.0 Å². The molecule has 0 amide bonds. The third kappa shape index (κ3) is 4.22. The molecule has 2 fully saturated rings. The molecule has 0 radical (unpaired) electrons. The maximum Gasteiger partial charge on any atom is 0.265 e. The van der Waals surface area contributed by atoms with E-state index in [4.69, 9.17) is 9.68 Å². The Kier molecular flexibility index (Phi) is 5.72. The van der Waals surface area contributed by atoms with Gasteiger partial charge in [0, 0.05) is 11.1 Å². The molecular weight excluding hydrogens is 364 g/mol. The zero-order valence-corrected chi connectivity index (χ0v) is 17.9. The average molecular weight is 397 g/mol. The fraction of sp³-hybridized carbons (Fsp3) is 0.700. The van der Waals surface area contributed by atoms with Gasteiger partial charge < -0.3 is 0 Å². The zero-order chi connectivity index (χ0) is 19.9. The molecule has 0 aliphatic carbocycles. The van der Waals surface area contributed by atoms with E-state index in [9.17, 15) is 8.42 Å². The van der Waals surface area contributed by atoms with E-state index in [-0.39, 0.29) is 28.6 Å². The Morgan fingerprint density at radius 2 is 1.70 bits per heavy atom. The smallest absolute Gasteiger partial charge is 0.265 e. The van der Waals surface area contributed by atoms with E-state index in [0.717, 1.165) is 22.9 Å². The van der Waals surface area contributed by atoms with Crippen LogP contribution in [0.3, 0.4) is 0 Å². The van der Waals surface area contributed by atoms with Crippen LogP contribution >= 0.6 is 0 Å². The summed E-state index contributed by atoms with van der Waals surface area (Å²) in [5.74, 6) is 0. The number of sulfonamides is 1. The molecule has 1 aromatic carbocycles. The minimum atomic E-state index is -3.70. The summed E-state index contributed by atoms with van der Waals surface area (Å²) in [6, 6.07) is 6.52. The molecule has 27 heavy (non-hydrogen) atoms. The Morgan fingerprint density at radius 3 is 2.30 bits per heavy atom. The second kappa shape index (κ2) is 7.44. The molecule has 2 aliphatic rings. The lowest BCUT2D eigenvalue weighted by molar-refractivity contribution is -0.287. The van der Waals surface area contributed by atoms with Gasteiger partial charge in [-0.15, -0.1) is 0 Å². The quantitative estimate of drug-likeness (QED) is 0.760. The second-order valence-electron chi connectivity index (χ2n) is 8.92. The van der Waals surface area contributed by atoms with E-state index in [0.29, 0.717) is 13.0 Å². The first-order valence-corrected chi connectivity index (χ1v) is 11.2. The first-order valence-electron chi connectivity index (χ1n) is 9.71. The third-order valence-corrected chi connectivity index (χ3v) is 7.34. The summed E-state index contributed by atoms with van der Waals surface area (Å²) in [6.07, 6.45) is 3.91. The molecule has 0 unspecified atom stereocenters. The van der Waals surface area contributed by atoms with Gasteiger partial charge in [-0.2, -0.15) is 5.06 Å². The first-order chi connectivity index (χ1) is 12.5. The van der Waals surface area contributed by atoms with Crippen molar-refractivity contribution in [3.63, 3.8) is 0 Å². The van der Waals surface area contributed by atoms with Crippen LogP contribution in [0.1, 0.15) is 58.9 Å². The second-order valence-corrected chi connectivity index (χ2v) is 10.7. The highest BCUT2D eigenvalue weighted by Crippen LogP contribution is 2.38. The molecule has 1 atom stereocenters. The number of rotatable bonds is 5. The predicted octanol–water partition coefficient (Wildman–Crippen LogP) is 3.66. The number of hydroxylamine groups is 3. The number of hydrogen-bond acceptors (Lipinski definition) is 5. The zero-order valence-electron chi connectivity index (χ0n) is 17.1. The molecule has 0 bridgehead atoms. The van der Waals surface area contributed by atoms with Crippen LogP contribution in [-0.4, -0.2) is 48.3 Å². The van der Waals surface area contributed by atoms with Crippen molar-refractivity contribution in [1.82, 2.24) is 9.53 Å². The lowest BCUT2D eigenvalue weighted by Crippen LogP contribution is -2.59. The molecule has 2 aliphatic heterocycles. The first kappa shape index (κ1) is 20.7. The largest absolute Gasteiger partial charge is 0.296 e. The summed E-state index contributed by atoms with van der Waals surface area (Å²) in [6.45, 7) is 11.3. The third-order valence-electron chi connectivity index (χ3n) is 5.60. The van der Waals surface area contributed by atoms with Crippen molar-refractivity contribution in [1.29, 1.82) is 0 Å². The summed E-state index contributed by atoms with van der Waals surface area (Å²) < 4.78 is 27.1. The molecule has 1 aromatic rings. The highest BCUT2D eigenvalue weighted by atomic mass is 32.2. The maximum absolute atomic E-state index is 13.0. The van der Waals surface area contributed by atoms with Crippen LogP contribution in [0.2, 0.25) is 0 Å². The van der Waals surface area contributed by atoms with E-state index < -0.39 is 10.0 Å². The summed E-state index contributed by atoms with van der Waals surface area (Å²) in [4.78, 5) is 12.0. The lowest BCUT2D eigenvalue weighted by Gasteiger charge is -2.51. The van der Waals surface area contributed by atoms with Gasteiger partial charge in [0.05, 0.1) is 24.2 Å². The normalized spacial score (nSPS) is 26.3. The molecule has 152 valence electrons. The molecule has 2 saturated heterocycles. The fourth-order valence-corrected chi connectivity index (χ4v) is 5.66. The number of nitrogens with zero attached hydrogens (tertiary/aromatic N) is 2. The SMILES string of the molecule is Cc1ccc(S(=O)(=O)N2OCC[C@@H]2CON2C(C)(C)CCCC2(C)C)cc1. The number of aryl methyl sites for hydroxylation is 1. The molecule has 3 rings (SSSR count). The van der Waals surface area contributed by atoms with Crippen molar-refractivity contribution in [3.8, 4) is 0 Å². The van der Waals surface area contributed by atoms with Gasteiger partial charge in [0.1, 0.15) is 0 Å². The van der Waals surface area contributed by atoms with Crippen LogP contribution < -0.4 is 0 Å². The maximum atomic E-state index is 13.0. The monoisotopic (exact) mass is 396 g/mol. The van der Waals surface area contributed by atoms with Gasteiger partial charge in [0.15, 0.2) is 0 Å². The molecule has 6 nitrogen and oxygen atoms in total. The van der Waals surface area contributed by atoms with Crippen LogP contribution in [-0.2, 0) is 19.7 Å². The van der Waals surface area contributed by atoms with Gasteiger partial charge in [-0.3, -0.25) is 9.68 Å². The number of benzene rings is 1. The predicted molar refractivity (Wildman–Crippen MR) is 104 cm³/mol. The van der Waals surface area contributed by atoms with E-state index >= 15 is 0 Å². The van der Waals surface area contributed by atoms with Crippen molar-refractivity contribution in [2.75, 3.05) is 13.2 Å². The Morgan fingerprint density at radius 1 is 1.11 bits per heavy atom. The Balaban J connectivity index is 1.74. The molecule has 0 aromatic heterocycles.